The van der Waals surface area contributed by atoms with E-state index in [0.717, 1.165) is 58.3 Å². The van der Waals surface area contributed by atoms with Crippen LogP contribution in [0.5, 0.6) is 0 Å². The van der Waals surface area contributed by atoms with E-state index in [4.69, 9.17) is 37.9 Å². The number of carboxylic acid groups (broad SMARTS) is 1. The summed E-state index contributed by atoms with van der Waals surface area (Å²) in [7, 11) is 0. The number of aliphatic carboxylic acids is 1. The highest BCUT2D eigenvalue weighted by Gasteiger charge is 2.61. The molecule has 0 spiro atoms. The highest BCUT2D eigenvalue weighted by molar-refractivity contribution is 5.76. The van der Waals surface area contributed by atoms with E-state index in [9.17, 15) is 91.0 Å². The zero-order valence-corrected chi connectivity index (χ0v) is 55.1. The number of carbonyl (C=O) groups excluding carboxylic acids is 2. The number of carboxylic acids is 1. The number of carbonyl (C=O) groups is 3. The van der Waals surface area contributed by atoms with Crippen LogP contribution >= 0.6 is 0 Å². The Morgan fingerprint density at radius 3 is 1.55 bits per heavy atom. The van der Waals surface area contributed by atoms with Crippen LogP contribution in [0.25, 0.3) is 0 Å². The van der Waals surface area contributed by atoms with Gasteiger partial charge in [-0.1, -0.05) is 180 Å². The number of hydrogen-bond donors (Lipinski definition) is 17. The number of allylic oxidation sites excluding steroid dienone is 1. The number of ether oxygens (including phenoxy) is 8. The zero-order valence-electron chi connectivity index (χ0n) is 55.1. The van der Waals surface area contributed by atoms with Gasteiger partial charge in [0.15, 0.2) is 18.9 Å². The number of nitrogens with one attached hydrogen (secondary N) is 2. The van der Waals surface area contributed by atoms with Gasteiger partial charge in [0, 0.05) is 19.8 Å². The summed E-state index contributed by atoms with van der Waals surface area (Å²) in [6.45, 7) is 0.747. The molecule has 4 aliphatic rings. The molecule has 0 aromatic carbocycles. The second-order valence-electron chi connectivity index (χ2n) is 25.7. The monoisotopic (exact) mass is 1340 g/mol. The van der Waals surface area contributed by atoms with E-state index in [1.807, 2.05) is 6.08 Å². The normalized spacial score (nSPS) is 33.1. The molecule has 23 atom stereocenters. The molecule has 0 aromatic heterocycles. The molecule has 544 valence electrons. The van der Waals surface area contributed by atoms with Crippen LogP contribution in [0, 0.1) is 0 Å². The molecule has 4 saturated heterocycles. The lowest BCUT2D eigenvalue weighted by Gasteiger charge is -2.52. The van der Waals surface area contributed by atoms with E-state index in [-0.39, 0.29) is 12.3 Å². The van der Waals surface area contributed by atoms with Crippen LogP contribution < -0.4 is 10.6 Å². The fraction of sp³-hybridized carbons (Fsp3) is 0.923. The molecule has 0 saturated carbocycles. The Balaban J connectivity index is 1.51. The molecular formula is C65H118N2O26. The lowest BCUT2D eigenvalue weighted by molar-refractivity contribution is -0.403. The van der Waals surface area contributed by atoms with Gasteiger partial charge in [-0.05, 0) is 19.3 Å². The average Bonchev–Trinajstić information content (AvgIpc) is 0.767. The summed E-state index contributed by atoms with van der Waals surface area (Å²) in [5, 5.41) is 169. The van der Waals surface area contributed by atoms with Crippen molar-refractivity contribution < 1.29 is 129 Å². The van der Waals surface area contributed by atoms with E-state index >= 15 is 0 Å². The fourth-order valence-electron chi connectivity index (χ4n) is 12.4. The van der Waals surface area contributed by atoms with Crippen molar-refractivity contribution in [1.29, 1.82) is 0 Å². The first-order valence-electron chi connectivity index (χ1n) is 34.6. The number of unbranched alkanes of at least 4 members (excludes halogenated alkanes) is 25. The maximum Gasteiger partial charge on any atom is 0.364 e. The molecule has 93 heavy (non-hydrogen) atoms. The van der Waals surface area contributed by atoms with Crippen LogP contribution in [-0.2, 0) is 52.3 Å². The van der Waals surface area contributed by atoms with Gasteiger partial charge in [0.1, 0.15) is 97.6 Å². The van der Waals surface area contributed by atoms with Crippen molar-refractivity contribution in [2.45, 2.75) is 347 Å². The van der Waals surface area contributed by atoms with Crippen molar-refractivity contribution in [3.8, 4) is 0 Å². The largest absolute Gasteiger partial charge is 0.477 e. The SMILES string of the molecule is CCCCCCCCCCCCC/C=C/[C@@H](O)[C@H](CO[C@@H]1OC(CO)[C@@H](O[C@@H]2OC(CO)[C@H](O[C@@H]3OC(CO)[C@H](O)[C@H](O)C3NC(C)=O)[C@H](O[C@]3(C(=O)O)CC(O)[C@@H](O)C([C@H](O)[C@H](O)CO)O3)C2O)[C@H](O)C1O)NC(=O)CCCCCCCCCCCCCCCCC. The van der Waals surface area contributed by atoms with Crippen molar-refractivity contribution in [2.24, 2.45) is 0 Å². The minimum atomic E-state index is -3.27. The smallest absolute Gasteiger partial charge is 0.364 e. The Kier molecular flexibility index (Phi) is 40.0. The van der Waals surface area contributed by atoms with Crippen LogP contribution in [0.3, 0.4) is 0 Å². The van der Waals surface area contributed by atoms with E-state index < -0.39 is 192 Å². The van der Waals surface area contributed by atoms with Crippen molar-refractivity contribution >= 4 is 17.8 Å². The molecule has 17 N–H and O–H groups in total. The van der Waals surface area contributed by atoms with Gasteiger partial charge in [0.2, 0.25) is 11.8 Å². The number of aliphatic hydroxyl groups is 14. The van der Waals surface area contributed by atoms with E-state index in [0.29, 0.717) is 12.8 Å². The summed E-state index contributed by atoms with van der Waals surface area (Å²) in [5.74, 6) is -6.54. The maximum absolute atomic E-state index is 13.5. The van der Waals surface area contributed by atoms with Gasteiger partial charge >= 0.3 is 5.97 Å². The highest BCUT2D eigenvalue weighted by atomic mass is 16.8. The minimum absolute atomic E-state index is 0.166. The molecule has 0 aliphatic carbocycles. The van der Waals surface area contributed by atoms with Gasteiger partial charge in [-0.25, -0.2) is 4.79 Å². The quantitative estimate of drug-likeness (QED) is 0.0298. The molecule has 0 bridgehead atoms. The molecule has 0 radical (unpaired) electrons. The third kappa shape index (κ3) is 26.8. The molecule has 4 heterocycles. The van der Waals surface area contributed by atoms with Crippen molar-refractivity contribution in [2.75, 3.05) is 33.0 Å². The van der Waals surface area contributed by atoms with Crippen molar-refractivity contribution in [3.63, 3.8) is 0 Å². The first-order valence-corrected chi connectivity index (χ1v) is 34.6. The second kappa shape index (κ2) is 45.0. The lowest BCUT2D eigenvalue weighted by Crippen LogP contribution is -2.71. The molecule has 4 rings (SSSR count). The summed E-state index contributed by atoms with van der Waals surface area (Å²) in [6, 6.07) is -2.80. The second-order valence-corrected chi connectivity index (χ2v) is 25.7. The van der Waals surface area contributed by atoms with Crippen LogP contribution in [-0.4, -0.2) is 268 Å². The van der Waals surface area contributed by atoms with Crippen LogP contribution in [0.1, 0.15) is 207 Å². The van der Waals surface area contributed by atoms with Crippen molar-refractivity contribution in [3.05, 3.63) is 12.2 Å². The molecule has 0 aromatic rings. The van der Waals surface area contributed by atoms with Crippen LogP contribution in [0.2, 0.25) is 0 Å². The third-order valence-electron chi connectivity index (χ3n) is 18.1. The van der Waals surface area contributed by atoms with Gasteiger partial charge in [-0.15, -0.1) is 0 Å². The fourth-order valence-corrected chi connectivity index (χ4v) is 12.4. The molecule has 4 aliphatic heterocycles. The standard InChI is InChI=1S/C65H118N2O26/c1-4-6-8-10-12-14-16-18-19-21-23-25-27-29-31-33-48(76)67-41(42(73)32-30-28-26-24-22-20-17-15-13-11-9-7-5-2)39-86-62-55(82)54(81)57(46(37-70)88-62)90-63-56(83)60(93-65(64(84)85)34-43(74)50(77)59(92-65)51(78)44(75)35-68)58(47(38-71)89-63)91-61-49(66-40(3)72)53(80)52(79)45(36-69)87-61/h30,32,41-47,49-63,68-71,73-75,77-83H,4-29,31,33-39H2,1-3H3,(H,66,72)(H,67,76)(H,84,85)/b32-30+/t41-,42+,43?,44+,45?,46?,47?,49?,50+,51+,52-,53+,54+,55?,56?,57+,58-,59?,60+,61-,62+,63-,65-/m0/s1. The zero-order chi connectivity index (χ0) is 68.5. The molecular weight excluding hydrogens is 1220 g/mol. The van der Waals surface area contributed by atoms with Gasteiger partial charge in [0.05, 0.1) is 51.3 Å². The summed E-state index contributed by atoms with van der Waals surface area (Å²) < 4.78 is 47.4. The predicted molar refractivity (Wildman–Crippen MR) is 334 cm³/mol. The molecule has 4 fully saturated rings. The molecule has 28 nitrogen and oxygen atoms in total. The Morgan fingerprint density at radius 1 is 0.559 bits per heavy atom. The van der Waals surface area contributed by atoms with E-state index in [1.54, 1.807) is 6.08 Å². The van der Waals surface area contributed by atoms with E-state index in [2.05, 4.69) is 24.5 Å². The summed E-state index contributed by atoms with van der Waals surface area (Å²) in [6.07, 6.45) is -6.86. The Hall–Kier alpha value is -2.73. The Labute approximate surface area is 548 Å². The van der Waals surface area contributed by atoms with Gasteiger partial charge < -0.3 is 125 Å². The topological polar surface area (TPSA) is 453 Å². The summed E-state index contributed by atoms with van der Waals surface area (Å²) >= 11 is 0. The number of rotatable bonds is 48. The van der Waals surface area contributed by atoms with E-state index in [1.165, 1.54) is 109 Å². The third-order valence-corrected chi connectivity index (χ3v) is 18.1. The summed E-state index contributed by atoms with van der Waals surface area (Å²) in [5.41, 5.74) is 0. The number of amides is 2. The van der Waals surface area contributed by atoms with Gasteiger partial charge in [-0.2, -0.15) is 0 Å². The lowest BCUT2D eigenvalue weighted by atomic mass is 9.90. The van der Waals surface area contributed by atoms with Crippen LogP contribution in [0.15, 0.2) is 12.2 Å². The van der Waals surface area contributed by atoms with Gasteiger partial charge in [-0.3, -0.25) is 9.59 Å². The first-order chi connectivity index (χ1) is 44.6. The molecule has 2 amide bonds. The van der Waals surface area contributed by atoms with Gasteiger partial charge in [0.25, 0.3) is 5.79 Å². The average molecular weight is 1340 g/mol. The Morgan fingerprint density at radius 2 is 1.04 bits per heavy atom. The number of hydrogen-bond acceptors (Lipinski definition) is 25. The minimum Gasteiger partial charge on any atom is -0.477 e. The molecule has 8 unspecified atom stereocenters. The highest BCUT2D eigenvalue weighted by Crippen LogP contribution is 2.40. The van der Waals surface area contributed by atoms with Crippen LogP contribution in [0.4, 0.5) is 0 Å². The number of aliphatic hydroxyl groups excluding tert-OH is 14. The van der Waals surface area contributed by atoms with Crippen molar-refractivity contribution in [1.82, 2.24) is 10.6 Å². The summed E-state index contributed by atoms with van der Waals surface area (Å²) in [4.78, 5) is 39.3. The molecule has 28 heteroatoms. The first kappa shape index (κ1) is 82.7. The maximum atomic E-state index is 13.5. The predicted octanol–water partition coefficient (Wildman–Crippen LogP) is 0.990. The Bertz CT molecular complexity index is 2050.